The number of hydrogen-bond acceptors (Lipinski definition) is 4. The van der Waals surface area contributed by atoms with E-state index in [1.165, 1.54) is 4.57 Å². The molecule has 1 aliphatic rings. The van der Waals surface area contributed by atoms with Crippen LogP contribution in [0.4, 0.5) is 4.39 Å². The fourth-order valence-electron chi connectivity index (χ4n) is 3.22. The van der Waals surface area contributed by atoms with Crippen molar-refractivity contribution in [2.75, 3.05) is 6.54 Å². The molecule has 3 rings (SSSR count). The van der Waals surface area contributed by atoms with Crippen LogP contribution in [0.5, 0.6) is 0 Å². The second kappa shape index (κ2) is 6.14. The third-order valence-corrected chi connectivity index (χ3v) is 4.67. The first kappa shape index (κ1) is 16.9. The lowest BCUT2D eigenvalue weighted by Crippen LogP contribution is -2.49. The minimum atomic E-state index is -0.797. The highest BCUT2D eigenvalue weighted by Crippen LogP contribution is 2.29. The Morgan fingerprint density at radius 1 is 1.42 bits per heavy atom. The number of hydrogen-bond donors (Lipinski definition) is 2. The average Bonchev–Trinajstić information content (AvgIpc) is 2.50. The summed E-state index contributed by atoms with van der Waals surface area (Å²) in [5.74, 6) is -0.572. The van der Waals surface area contributed by atoms with E-state index in [-0.39, 0.29) is 34.2 Å². The van der Waals surface area contributed by atoms with Crippen molar-refractivity contribution < 1.29 is 4.39 Å². The minimum absolute atomic E-state index is 0.00243. The van der Waals surface area contributed by atoms with Gasteiger partial charge in [0, 0.05) is 12.6 Å². The van der Waals surface area contributed by atoms with Gasteiger partial charge in [0.05, 0.1) is 11.4 Å². The summed E-state index contributed by atoms with van der Waals surface area (Å²) in [4.78, 5) is 30.8. The lowest BCUT2D eigenvalue weighted by atomic mass is 9.88. The van der Waals surface area contributed by atoms with E-state index in [1.54, 1.807) is 0 Å². The van der Waals surface area contributed by atoms with E-state index in [9.17, 15) is 14.0 Å². The fourth-order valence-corrected chi connectivity index (χ4v) is 3.36. The van der Waals surface area contributed by atoms with Gasteiger partial charge in [0.2, 0.25) is 0 Å². The van der Waals surface area contributed by atoms with Gasteiger partial charge in [0.25, 0.3) is 5.56 Å². The lowest BCUT2D eigenvalue weighted by Gasteiger charge is -2.36. The van der Waals surface area contributed by atoms with E-state index >= 15 is 0 Å². The molecule has 0 fully saturated rings. The maximum Gasteiger partial charge on any atom is 0.330 e. The second-order valence-corrected chi connectivity index (χ2v) is 6.69. The summed E-state index contributed by atoms with van der Waals surface area (Å²) >= 11 is 5.79. The maximum atomic E-state index is 13.7. The summed E-state index contributed by atoms with van der Waals surface area (Å²) in [6.07, 6.45) is 1.98. The number of H-pyrrole nitrogens is 1. The highest BCUT2D eigenvalue weighted by molar-refractivity contribution is 6.29. The molecule has 0 saturated carbocycles. The van der Waals surface area contributed by atoms with Gasteiger partial charge in [-0.3, -0.25) is 14.3 Å². The van der Waals surface area contributed by atoms with E-state index in [0.29, 0.717) is 6.54 Å². The topological polar surface area (TPSA) is 79.8 Å². The lowest BCUT2D eigenvalue weighted by molar-refractivity contribution is 0.303. The Kier molecular flexibility index (Phi) is 4.31. The molecule has 1 aliphatic heterocycles. The minimum Gasteiger partial charge on any atom is -0.308 e. The molecule has 0 spiro atoms. The smallest absolute Gasteiger partial charge is 0.308 e. The third kappa shape index (κ3) is 2.67. The molecule has 24 heavy (non-hydrogen) atoms. The molecule has 2 aromatic heterocycles. The second-order valence-electron chi connectivity index (χ2n) is 6.33. The highest BCUT2D eigenvalue weighted by Gasteiger charge is 2.32. The van der Waals surface area contributed by atoms with Crippen molar-refractivity contribution in [2.24, 2.45) is 5.92 Å². The van der Waals surface area contributed by atoms with Gasteiger partial charge < -0.3 is 5.32 Å². The van der Waals surface area contributed by atoms with Gasteiger partial charge in [0.15, 0.2) is 16.6 Å². The van der Waals surface area contributed by atoms with Crippen molar-refractivity contribution in [1.29, 1.82) is 0 Å². The van der Waals surface area contributed by atoms with Crippen LogP contribution in [0.3, 0.4) is 0 Å². The van der Waals surface area contributed by atoms with Gasteiger partial charge in [-0.05, 0) is 18.9 Å². The molecule has 2 N–H and O–H groups in total. The summed E-state index contributed by atoms with van der Waals surface area (Å²) in [6, 6.07) is 0.631. The van der Waals surface area contributed by atoms with Crippen LogP contribution in [0.2, 0.25) is 5.15 Å². The maximum absolute atomic E-state index is 13.7. The number of nitrogens with zero attached hydrogens (tertiary/aromatic N) is 2. The monoisotopic (exact) mass is 352 g/mol. The molecule has 8 heteroatoms. The fraction of sp³-hybridized carbons (Fsp3) is 0.438. The molecule has 128 valence electrons. The van der Waals surface area contributed by atoms with E-state index in [2.05, 4.69) is 15.3 Å². The van der Waals surface area contributed by atoms with Crippen LogP contribution in [0.15, 0.2) is 27.3 Å². The Morgan fingerprint density at radius 2 is 2.12 bits per heavy atom. The molecular weight excluding hydrogens is 335 g/mol. The predicted molar refractivity (Wildman–Crippen MR) is 91.0 cm³/mol. The van der Waals surface area contributed by atoms with Crippen molar-refractivity contribution >= 4 is 22.6 Å². The van der Waals surface area contributed by atoms with Crippen molar-refractivity contribution in [2.45, 2.75) is 32.9 Å². The zero-order valence-electron chi connectivity index (χ0n) is 13.6. The van der Waals surface area contributed by atoms with Gasteiger partial charge in [-0.2, -0.15) is 0 Å². The number of rotatable bonds is 2. The van der Waals surface area contributed by atoms with E-state index in [4.69, 9.17) is 11.6 Å². The largest absolute Gasteiger partial charge is 0.330 e. The molecular formula is C16H18ClFN4O2. The molecule has 0 aliphatic carbocycles. The Hall–Kier alpha value is -1.99. The van der Waals surface area contributed by atoms with Crippen LogP contribution in [0.1, 0.15) is 26.8 Å². The first-order valence-electron chi connectivity index (χ1n) is 7.72. The Bertz CT molecular complexity index is 947. The van der Waals surface area contributed by atoms with Crippen molar-refractivity contribution in [3.8, 4) is 0 Å². The first-order chi connectivity index (χ1) is 11.3. The number of aromatic amines is 1. The van der Waals surface area contributed by atoms with Crippen LogP contribution in [0, 0.1) is 11.7 Å². The molecule has 2 aromatic rings. The van der Waals surface area contributed by atoms with Crippen LogP contribution < -0.4 is 16.6 Å². The molecule has 1 unspecified atom stereocenters. The van der Waals surface area contributed by atoms with Crippen LogP contribution >= 0.6 is 11.6 Å². The number of aromatic nitrogens is 3. The zero-order valence-corrected chi connectivity index (χ0v) is 14.3. The predicted octanol–water partition coefficient (Wildman–Crippen LogP) is 1.99. The van der Waals surface area contributed by atoms with Crippen molar-refractivity contribution in [3.05, 3.63) is 49.5 Å². The van der Waals surface area contributed by atoms with Crippen LogP contribution in [0.25, 0.3) is 11.0 Å². The summed E-state index contributed by atoms with van der Waals surface area (Å²) in [7, 11) is 0. The standard InChI is InChI=1S/C16H18ClFN4O2/c1-7(2)11-12(8(3)4-5-19-11)22-14-9(15(23)21-16(22)24)6-10(18)13(17)20-14/h4,6-7,11-12,19H,5H2,1-3H3,(H,21,23,24)/t11?,12-/m0/s1. The number of fused-ring (bicyclic) bond motifs is 1. The highest BCUT2D eigenvalue weighted by atomic mass is 35.5. The SMILES string of the molecule is CC1=CCNC(C(C)C)[C@H]1n1c(=O)[nH]c(=O)c2cc(F)c(Cl)nc21. The van der Waals surface area contributed by atoms with Gasteiger partial charge in [-0.25, -0.2) is 14.2 Å². The van der Waals surface area contributed by atoms with Crippen LogP contribution in [-0.2, 0) is 0 Å². The zero-order chi connectivity index (χ0) is 17.6. The van der Waals surface area contributed by atoms with Gasteiger partial charge in [0.1, 0.15) is 0 Å². The van der Waals surface area contributed by atoms with Crippen molar-refractivity contribution in [3.63, 3.8) is 0 Å². The quantitative estimate of drug-likeness (QED) is 0.640. The molecule has 0 radical (unpaired) electrons. The Balaban J connectivity index is 2.38. The summed E-state index contributed by atoms with van der Waals surface area (Å²) in [5.41, 5.74) is -0.206. The van der Waals surface area contributed by atoms with E-state index in [1.807, 2.05) is 26.8 Å². The van der Waals surface area contributed by atoms with E-state index in [0.717, 1.165) is 11.6 Å². The van der Waals surface area contributed by atoms with E-state index < -0.39 is 17.1 Å². The average molecular weight is 353 g/mol. The molecule has 0 aromatic carbocycles. The van der Waals surface area contributed by atoms with Crippen molar-refractivity contribution in [1.82, 2.24) is 19.9 Å². The van der Waals surface area contributed by atoms with Gasteiger partial charge >= 0.3 is 5.69 Å². The Labute approximate surface area is 142 Å². The summed E-state index contributed by atoms with van der Waals surface area (Å²) in [6.45, 7) is 6.71. The summed E-state index contributed by atoms with van der Waals surface area (Å²) < 4.78 is 15.1. The molecule has 0 amide bonds. The number of nitrogens with one attached hydrogen (secondary N) is 2. The first-order valence-corrected chi connectivity index (χ1v) is 8.09. The Morgan fingerprint density at radius 3 is 2.79 bits per heavy atom. The molecule has 0 bridgehead atoms. The molecule has 3 heterocycles. The molecule has 2 atom stereocenters. The molecule has 0 saturated heterocycles. The normalized spacial score (nSPS) is 21.3. The van der Waals surface area contributed by atoms with Crippen LogP contribution in [-0.4, -0.2) is 27.1 Å². The number of halogens is 2. The van der Waals surface area contributed by atoms with Gasteiger partial charge in [-0.1, -0.05) is 37.1 Å². The molecule has 6 nitrogen and oxygen atoms in total. The third-order valence-electron chi connectivity index (χ3n) is 4.41. The van der Waals surface area contributed by atoms with Gasteiger partial charge in [-0.15, -0.1) is 0 Å². The summed E-state index contributed by atoms with van der Waals surface area (Å²) in [5, 5.41) is 3.00. The number of pyridine rings is 1.